The molecule has 0 aliphatic rings. The summed E-state index contributed by atoms with van der Waals surface area (Å²) in [6.07, 6.45) is 0. The number of hydrogen-bond donors (Lipinski definition) is 0. The molecule has 5 heteroatoms. The van der Waals surface area contributed by atoms with Crippen LogP contribution in [0.3, 0.4) is 0 Å². The molecular formula is C14H9Cl2NO2. The lowest BCUT2D eigenvalue weighted by Crippen LogP contribution is -1.91. The molecule has 19 heavy (non-hydrogen) atoms. The minimum Gasteiger partial charge on any atom is -0.258 e. The van der Waals surface area contributed by atoms with Crippen molar-refractivity contribution in [2.24, 2.45) is 0 Å². The van der Waals surface area contributed by atoms with Gasteiger partial charge in [-0.05, 0) is 23.3 Å². The van der Waals surface area contributed by atoms with E-state index in [2.05, 4.69) is 6.58 Å². The third-order valence-electron chi connectivity index (χ3n) is 2.66. The van der Waals surface area contributed by atoms with Crippen molar-refractivity contribution in [3.8, 4) is 0 Å². The molecule has 0 amide bonds. The molecule has 0 heterocycles. The summed E-state index contributed by atoms with van der Waals surface area (Å²) in [6, 6.07) is 11.3. The number of halogens is 2. The van der Waals surface area contributed by atoms with Gasteiger partial charge in [0.05, 0.1) is 4.92 Å². The van der Waals surface area contributed by atoms with E-state index < -0.39 is 4.92 Å². The molecule has 0 spiro atoms. The maximum atomic E-state index is 10.8. The second kappa shape index (κ2) is 5.43. The Bertz CT molecular complexity index is 668. The van der Waals surface area contributed by atoms with Gasteiger partial charge in [0.15, 0.2) is 0 Å². The van der Waals surface area contributed by atoms with Crippen molar-refractivity contribution in [3.63, 3.8) is 0 Å². The molecule has 0 unspecified atom stereocenters. The summed E-state index contributed by atoms with van der Waals surface area (Å²) in [5, 5.41) is 11.7. The highest BCUT2D eigenvalue weighted by molar-refractivity contribution is 6.35. The molecule has 0 fully saturated rings. The fraction of sp³-hybridized carbons (Fsp3) is 0. The molecule has 0 aliphatic carbocycles. The highest BCUT2D eigenvalue weighted by Gasteiger charge is 2.11. The van der Waals surface area contributed by atoms with Crippen molar-refractivity contribution < 1.29 is 4.92 Å². The smallest absolute Gasteiger partial charge is 0.258 e. The predicted molar refractivity (Wildman–Crippen MR) is 77.7 cm³/mol. The minimum absolute atomic E-state index is 0.0173. The first-order chi connectivity index (χ1) is 8.99. The summed E-state index contributed by atoms with van der Waals surface area (Å²) in [5.41, 5.74) is 1.99. The van der Waals surface area contributed by atoms with Crippen LogP contribution in [0.2, 0.25) is 10.0 Å². The summed E-state index contributed by atoms with van der Waals surface area (Å²) >= 11 is 11.9. The predicted octanol–water partition coefficient (Wildman–Crippen LogP) is 4.96. The van der Waals surface area contributed by atoms with Crippen molar-refractivity contribution in [3.05, 3.63) is 80.3 Å². The monoisotopic (exact) mass is 293 g/mol. The average Bonchev–Trinajstić information content (AvgIpc) is 2.38. The lowest BCUT2D eigenvalue weighted by molar-refractivity contribution is -0.384. The molecule has 2 aromatic carbocycles. The maximum absolute atomic E-state index is 10.8. The highest BCUT2D eigenvalue weighted by Crippen LogP contribution is 2.31. The third kappa shape index (κ3) is 2.95. The van der Waals surface area contributed by atoms with E-state index in [4.69, 9.17) is 23.2 Å². The molecule has 2 rings (SSSR count). The van der Waals surface area contributed by atoms with Crippen LogP contribution in [-0.4, -0.2) is 4.92 Å². The number of nitro benzene ring substituents is 1. The Morgan fingerprint density at radius 1 is 1.16 bits per heavy atom. The molecule has 0 atom stereocenters. The fourth-order valence-electron chi connectivity index (χ4n) is 1.70. The first kappa shape index (κ1) is 13.6. The summed E-state index contributed by atoms with van der Waals surface area (Å²) in [6.45, 7) is 3.94. The van der Waals surface area contributed by atoms with E-state index in [0.717, 1.165) is 0 Å². The summed E-state index contributed by atoms with van der Waals surface area (Å²) in [7, 11) is 0. The second-order valence-corrected chi connectivity index (χ2v) is 4.75. The number of rotatable bonds is 3. The zero-order valence-electron chi connectivity index (χ0n) is 9.77. The van der Waals surface area contributed by atoms with Gasteiger partial charge in [-0.1, -0.05) is 48.0 Å². The van der Waals surface area contributed by atoms with Gasteiger partial charge in [-0.3, -0.25) is 10.1 Å². The van der Waals surface area contributed by atoms with Crippen LogP contribution >= 0.6 is 23.2 Å². The van der Waals surface area contributed by atoms with E-state index in [1.54, 1.807) is 30.3 Å². The largest absolute Gasteiger partial charge is 0.270 e. The average molecular weight is 294 g/mol. The number of hydrogen-bond acceptors (Lipinski definition) is 2. The topological polar surface area (TPSA) is 43.1 Å². The SMILES string of the molecule is C=C(c1cccc([N+](=O)[O-])c1)c1ccc(Cl)cc1Cl. The van der Waals surface area contributed by atoms with Crippen molar-refractivity contribution in [2.75, 3.05) is 0 Å². The Labute approximate surface area is 120 Å². The van der Waals surface area contributed by atoms with Crippen molar-refractivity contribution in [2.45, 2.75) is 0 Å². The van der Waals surface area contributed by atoms with Gasteiger partial charge >= 0.3 is 0 Å². The molecule has 3 nitrogen and oxygen atoms in total. The quantitative estimate of drug-likeness (QED) is 0.593. The lowest BCUT2D eigenvalue weighted by atomic mass is 9.99. The molecule has 0 aromatic heterocycles. The van der Waals surface area contributed by atoms with Gasteiger partial charge in [-0.15, -0.1) is 0 Å². The van der Waals surface area contributed by atoms with Gasteiger partial charge in [-0.2, -0.15) is 0 Å². The Morgan fingerprint density at radius 3 is 2.53 bits per heavy atom. The van der Waals surface area contributed by atoms with E-state index in [1.807, 2.05) is 0 Å². The Kier molecular flexibility index (Phi) is 3.88. The summed E-state index contributed by atoms with van der Waals surface area (Å²) < 4.78 is 0. The molecule has 2 aromatic rings. The van der Waals surface area contributed by atoms with Crippen LogP contribution in [-0.2, 0) is 0 Å². The molecule has 96 valence electrons. The first-order valence-electron chi connectivity index (χ1n) is 5.38. The van der Waals surface area contributed by atoms with Crippen LogP contribution in [0, 0.1) is 10.1 Å². The normalized spacial score (nSPS) is 10.2. The lowest BCUT2D eigenvalue weighted by Gasteiger charge is -2.08. The molecule has 0 radical (unpaired) electrons. The van der Waals surface area contributed by atoms with Crippen molar-refractivity contribution >= 4 is 34.5 Å². The van der Waals surface area contributed by atoms with Gasteiger partial charge in [-0.25, -0.2) is 0 Å². The molecule has 0 aliphatic heterocycles. The summed E-state index contributed by atoms with van der Waals surface area (Å²) in [4.78, 5) is 10.3. The number of benzene rings is 2. The van der Waals surface area contributed by atoms with Crippen LogP contribution in [0.25, 0.3) is 5.57 Å². The Morgan fingerprint density at radius 2 is 1.89 bits per heavy atom. The maximum Gasteiger partial charge on any atom is 0.270 e. The van der Waals surface area contributed by atoms with Crippen LogP contribution in [0.4, 0.5) is 5.69 Å². The molecule has 0 N–H and O–H groups in total. The second-order valence-electron chi connectivity index (χ2n) is 3.91. The third-order valence-corrected chi connectivity index (χ3v) is 3.21. The molecule has 0 bridgehead atoms. The minimum atomic E-state index is -0.444. The Balaban J connectivity index is 2.44. The van der Waals surface area contributed by atoms with Crippen LogP contribution in [0.5, 0.6) is 0 Å². The van der Waals surface area contributed by atoms with Crippen LogP contribution in [0.15, 0.2) is 49.0 Å². The number of nitrogens with zero attached hydrogens (tertiary/aromatic N) is 1. The van der Waals surface area contributed by atoms with E-state index in [-0.39, 0.29) is 5.69 Å². The molecular weight excluding hydrogens is 285 g/mol. The molecule has 0 saturated carbocycles. The Hall–Kier alpha value is -1.84. The van der Waals surface area contributed by atoms with Crippen molar-refractivity contribution in [1.29, 1.82) is 0 Å². The summed E-state index contributed by atoms with van der Waals surface area (Å²) in [5.74, 6) is 0. The van der Waals surface area contributed by atoms with Crippen molar-refractivity contribution in [1.82, 2.24) is 0 Å². The fourth-order valence-corrected chi connectivity index (χ4v) is 2.22. The first-order valence-corrected chi connectivity index (χ1v) is 6.14. The van der Waals surface area contributed by atoms with Gasteiger partial charge < -0.3 is 0 Å². The number of nitro groups is 1. The zero-order chi connectivity index (χ0) is 14.0. The van der Waals surface area contributed by atoms with Gasteiger partial charge in [0.1, 0.15) is 0 Å². The molecule has 0 saturated heterocycles. The zero-order valence-corrected chi connectivity index (χ0v) is 11.3. The van der Waals surface area contributed by atoms with Crippen LogP contribution in [0.1, 0.15) is 11.1 Å². The highest BCUT2D eigenvalue weighted by atomic mass is 35.5. The number of non-ortho nitro benzene ring substituents is 1. The standard InChI is InChI=1S/C14H9Cl2NO2/c1-9(13-6-5-11(15)8-14(13)16)10-3-2-4-12(7-10)17(18)19/h2-8H,1H2. The van der Waals surface area contributed by atoms with E-state index >= 15 is 0 Å². The van der Waals surface area contributed by atoms with Gasteiger partial charge in [0, 0.05) is 27.7 Å². The van der Waals surface area contributed by atoms with Gasteiger partial charge in [0.2, 0.25) is 0 Å². The van der Waals surface area contributed by atoms with E-state index in [0.29, 0.717) is 26.7 Å². The van der Waals surface area contributed by atoms with Crippen LogP contribution < -0.4 is 0 Å². The van der Waals surface area contributed by atoms with E-state index in [9.17, 15) is 10.1 Å². The van der Waals surface area contributed by atoms with E-state index in [1.165, 1.54) is 12.1 Å². The van der Waals surface area contributed by atoms with Gasteiger partial charge in [0.25, 0.3) is 5.69 Å².